The molecule has 0 aliphatic carbocycles. The molecule has 2 aliphatic rings. The van der Waals surface area contributed by atoms with E-state index >= 15 is 0 Å². The van der Waals surface area contributed by atoms with Gasteiger partial charge >= 0.3 is 6.03 Å². The Morgan fingerprint density at radius 3 is 2.38 bits per heavy atom. The number of aryl methyl sites for hydroxylation is 2. The van der Waals surface area contributed by atoms with Crippen LogP contribution in [0.3, 0.4) is 0 Å². The summed E-state index contributed by atoms with van der Waals surface area (Å²) in [6.07, 6.45) is 2.44. The number of nitrogens with one attached hydrogen (secondary N) is 1. The quantitative estimate of drug-likeness (QED) is 0.829. The van der Waals surface area contributed by atoms with Crippen LogP contribution in [0.5, 0.6) is 0 Å². The van der Waals surface area contributed by atoms with Crippen LogP contribution < -0.4 is 15.1 Å². The summed E-state index contributed by atoms with van der Waals surface area (Å²) in [5, 5.41) is 3.59. The SMILES string of the molecule is Cc1cc(N2CCCC2)nc(N2CCN(C(=O)Nc3ccc(C)c(Cl)c3)CC2)n1. The standard InChI is InChI=1S/C21H27ClN6O/c1-15-5-6-17(14-18(15)22)24-21(29)28-11-9-27(10-12-28)20-23-16(2)13-19(25-20)26-7-3-4-8-26/h5-6,13-14H,3-4,7-12H2,1-2H3,(H,24,29). The maximum absolute atomic E-state index is 12.6. The lowest BCUT2D eigenvalue weighted by atomic mass is 10.2. The van der Waals surface area contributed by atoms with Gasteiger partial charge in [-0.3, -0.25) is 0 Å². The first-order valence-corrected chi connectivity index (χ1v) is 10.5. The number of hydrogen-bond acceptors (Lipinski definition) is 5. The maximum atomic E-state index is 12.6. The normalized spacial score (nSPS) is 17.0. The van der Waals surface area contributed by atoms with Crippen molar-refractivity contribution in [2.45, 2.75) is 26.7 Å². The summed E-state index contributed by atoms with van der Waals surface area (Å²) in [4.78, 5) is 28.4. The van der Waals surface area contributed by atoms with Gasteiger partial charge in [-0.15, -0.1) is 0 Å². The fourth-order valence-corrected chi connectivity index (χ4v) is 3.95. The van der Waals surface area contributed by atoms with Gasteiger partial charge in [0, 0.05) is 61.7 Å². The van der Waals surface area contributed by atoms with Gasteiger partial charge in [0.25, 0.3) is 0 Å². The van der Waals surface area contributed by atoms with Crippen LogP contribution in [0.1, 0.15) is 24.1 Å². The number of carbonyl (C=O) groups is 1. The lowest BCUT2D eigenvalue weighted by Crippen LogP contribution is -2.50. The van der Waals surface area contributed by atoms with Crippen molar-refractivity contribution >= 4 is 35.1 Å². The average Bonchev–Trinajstić information content (AvgIpc) is 3.25. The van der Waals surface area contributed by atoms with Crippen LogP contribution in [-0.2, 0) is 0 Å². The number of piperazine rings is 1. The number of hydrogen-bond donors (Lipinski definition) is 1. The molecular weight excluding hydrogens is 388 g/mol. The molecule has 1 aromatic carbocycles. The van der Waals surface area contributed by atoms with Crippen molar-refractivity contribution in [1.82, 2.24) is 14.9 Å². The highest BCUT2D eigenvalue weighted by molar-refractivity contribution is 6.31. The predicted molar refractivity (Wildman–Crippen MR) is 117 cm³/mol. The molecule has 0 atom stereocenters. The molecule has 1 N–H and O–H groups in total. The summed E-state index contributed by atoms with van der Waals surface area (Å²) in [5.74, 6) is 1.78. The van der Waals surface area contributed by atoms with Crippen molar-refractivity contribution in [3.8, 4) is 0 Å². The number of amides is 2. The molecule has 4 rings (SSSR count). The highest BCUT2D eigenvalue weighted by Gasteiger charge is 2.24. The molecular formula is C21H27ClN6O. The Labute approximate surface area is 176 Å². The van der Waals surface area contributed by atoms with Gasteiger partial charge in [0.1, 0.15) is 5.82 Å². The van der Waals surface area contributed by atoms with Crippen LogP contribution >= 0.6 is 11.6 Å². The fraction of sp³-hybridized carbons (Fsp3) is 0.476. The maximum Gasteiger partial charge on any atom is 0.321 e. The van der Waals surface area contributed by atoms with Gasteiger partial charge < -0.3 is 20.0 Å². The third kappa shape index (κ3) is 4.56. The molecule has 29 heavy (non-hydrogen) atoms. The molecule has 2 aliphatic heterocycles. The first-order valence-electron chi connectivity index (χ1n) is 10.2. The summed E-state index contributed by atoms with van der Waals surface area (Å²) >= 11 is 6.15. The van der Waals surface area contributed by atoms with E-state index in [1.807, 2.05) is 30.9 Å². The Morgan fingerprint density at radius 2 is 1.69 bits per heavy atom. The smallest absolute Gasteiger partial charge is 0.321 e. The molecule has 2 aromatic rings. The predicted octanol–water partition coefficient (Wildman–Crippen LogP) is 3.70. The second-order valence-electron chi connectivity index (χ2n) is 7.73. The van der Waals surface area contributed by atoms with E-state index in [1.54, 1.807) is 6.07 Å². The first-order chi connectivity index (χ1) is 14.0. The molecule has 1 aromatic heterocycles. The highest BCUT2D eigenvalue weighted by atomic mass is 35.5. The van der Waals surface area contributed by atoms with Crippen molar-refractivity contribution in [3.05, 3.63) is 40.5 Å². The Balaban J connectivity index is 1.37. The van der Waals surface area contributed by atoms with Gasteiger partial charge in [-0.2, -0.15) is 4.98 Å². The second-order valence-corrected chi connectivity index (χ2v) is 8.14. The number of carbonyl (C=O) groups excluding carboxylic acids is 1. The van der Waals surface area contributed by atoms with Crippen molar-refractivity contribution in [2.24, 2.45) is 0 Å². The Kier molecular flexibility index (Phi) is 5.76. The van der Waals surface area contributed by atoms with Gasteiger partial charge in [-0.05, 0) is 44.4 Å². The molecule has 0 saturated carbocycles. The third-order valence-corrected chi connectivity index (χ3v) is 5.94. The number of rotatable bonds is 3. The third-order valence-electron chi connectivity index (χ3n) is 5.53. The van der Waals surface area contributed by atoms with Crippen LogP contribution in [0.15, 0.2) is 24.3 Å². The molecule has 8 heteroatoms. The summed E-state index contributed by atoms with van der Waals surface area (Å²) < 4.78 is 0. The Morgan fingerprint density at radius 1 is 0.966 bits per heavy atom. The van der Waals surface area contributed by atoms with E-state index in [9.17, 15) is 4.79 Å². The molecule has 3 heterocycles. The lowest BCUT2D eigenvalue weighted by molar-refractivity contribution is 0.208. The minimum absolute atomic E-state index is 0.104. The zero-order chi connectivity index (χ0) is 20.4. The molecule has 0 spiro atoms. The van der Waals surface area contributed by atoms with E-state index in [-0.39, 0.29) is 6.03 Å². The van der Waals surface area contributed by atoms with Gasteiger partial charge in [0.2, 0.25) is 5.95 Å². The molecule has 7 nitrogen and oxygen atoms in total. The van der Waals surface area contributed by atoms with Crippen molar-refractivity contribution in [2.75, 3.05) is 54.4 Å². The van der Waals surface area contributed by atoms with E-state index in [0.717, 1.165) is 36.1 Å². The zero-order valence-corrected chi connectivity index (χ0v) is 17.7. The molecule has 2 fully saturated rings. The molecule has 0 unspecified atom stereocenters. The monoisotopic (exact) mass is 414 g/mol. The minimum Gasteiger partial charge on any atom is -0.356 e. The number of benzene rings is 1. The van der Waals surface area contributed by atoms with E-state index in [0.29, 0.717) is 36.9 Å². The van der Waals surface area contributed by atoms with Crippen LogP contribution in [0.2, 0.25) is 5.02 Å². The Bertz CT molecular complexity index is 891. The van der Waals surface area contributed by atoms with Crippen molar-refractivity contribution in [3.63, 3.8) is 0 Å². The minimum atomic E-state index is -0.104. The van der Waals surface area contributed by atoms with Crippen LogP contribution in [0.25, 0.3) is 0 Å². The van der Waals surface area contributed by atoms with Crippen molar-refractivity contribution < 1.29 is 4.79 Å². The van der Waals surface area contributed by atoms with Gasteiger partial charge in [-0.25, -0.2) is 9.78 Å². The van der Waals surface area contributed by atoms with E-state index in [2.05, 4.69) is 26.2 Å². The summed E-state index contributed by atoms with van der Waals surface area (Å²) in [6, 6.07) is 7.52. The second kappa shape index (κ2) is 8.45. The van der Waals surface area contributed by atoms with Gasteiger partial charge in [0.15, 0.2) is 0 Å². The molecule has 0 radical (unpaired) electrons. The topological polar surface area (TPSA) is 64.6 Å². The molecule has 2 amide bonds. The number of nitrogens with zero attached hydrogens (tertiary/aromatic N) is 5. The van der Waals surface area contributed by atoms with E-state index in [1.165, 1.54) is 12.8 Å². The summed E-state index contributed by atoms with van der Waals surface area (Å²) in [7, 11) is 0. The van der Waals surface area contributed by atoms with E-state index in [4.69, 9.17) is 16.6 Å². The Hall–Kier alpha value is -2.54. The van der Waals surface area contributed by atoms with Crippen LogP contribution in [0.4, 0.5) is 22.2 Å². The van der Waals surface area contributed by atoms with Crippen LogP contribution in [0, 0.1) is 13.8 Å². The van der Waals surface area contributed by atoms with Crippen LogP contribution in [-0.4, -0.2) is 60.2 Å². The number of urea groups is 1. The molecule has 0 bridgehead atoms. The average molecular weight is 415 g/mol. The number of halogens is 1. The van der Waals surface area contributed by atoms with Gasteiger partial charge in [0.05, 0.1) is 0 Å². The zero-order valence-electron chi connectivity index (χ0n) is 17.0. The summed E-state index contributed by atoms with van der Waals surface area (Å²) in [6.45, 7) is 8.76. The lowest BCUT2D eigenvalue weighted by Gasteiger charge is -2.35. The van der Waals surface area contributed by atoms with Crippen molar-refractivity contribution in [1.29, 1.82) is 0 Å². The van der Waals surface area contributed by atoms with Gasteiger partial charge in [-0.1, -0.05) is 17.7 Å². The van der Waals surface area contributed by atoms with E-state index < -0.39 is 0 Å². The molecule has 2 saturated heterocycles. The fourth-order valence-electron chi connectivity index (χ4n) is 3.77. The highest BCUT2D eigenvalue weighted by Crippen LogP contribution is 2.23. The first kappa shape index (κ1) is 19.8. The largest absolute Gasteiger partial charge is 0.356 e. The number of anilines is 3. The molecule has 154 valence electrons. The summed E-state index contributed by atoms with van der Waals surface area (Å²) in [5.41, 5.74) is 2.68. The number of aromatic nitrogens is 2.